The van der Waals surface area contributed by atoms with Crippen LogP contribution in [0.2, 0.25) is 0 Å². The topological polar surface area (TPSA) is 30.7 Å². The number of fused-ring (bicyclic) bond motifs is 4. The van der Waals surface area contributed by atoms with Crippen LogP contribution in [0.15, 0.2) is 200 Å². The molecule has 2 aromatic heterocycles. The highest BCUT2D eigenvalue weighted by atomic mass is 15.0. The Balaban J connectivity index is 0.982. The zero-order chi connectivity index (χ0) is 35.1. The van der Waals surface area contributed by atoms with Gasteiger partial charge in [0.25, 0.3) is 0 Å². The molecule has 0 radical (unpaired) electrons. The van der Waals surface area contributed by atoms with Crippen LogP contribution in [0, 0.1) is 0 Å². The zero-order valence-corrected chi connectivity index (χ0v) is 28.9. The van der Waals surface area contributed by atoms with E-state index >= 15 is 0 Å². The molecular formula is C50H33N3. The van der Waals surface area contributed by atoms with Crippen LogP contribution in [0.25, 0.3) is 94.4 Å². The number of benzene rings is 8. The molecule has 53 heavy (non-hydrogen) atoms. The van der Waals surface area contributed by atoms with E-state index in [-0.39, 0.29) is 0 Å². The summed E-state index contributed by atoms with van der Waals surface area (Å²) in [6, 6.07) is 70.9. The Hall–Kier alpha value is -7.10. The van der Waals surface area contributed by atoms with Gasteiger partial charge in [-0.1, -0.05) is 164 Å². The normalized spacial score (nSPS) is 11.4. The maximum atomic E-state index is 5.15. The van der Waals surface area contributed by atoms with E-state index in [1.54, 1.807) is 0 Å². The van der Waals surface area contributed by atoms with Gasteiger partial charge in [-0.3, -0.25) is 0 Å². The van der Waals surface area contributed by atoms with Gasteiger partial charge in [-0.2, -0.15) is 0 Å². The highest BCUT2D eigenvalue weighted by molar-refractivity contribution is 6.09. The van der Waals surface area contributed by atoms with Crippen LogP contribution in [-0.4, -0.2) is 14.5 Å². The van der Waals surface area contributed by atoms with Gasteiger partial charge in [-0.05, 0) is 69.4 Å². The van der Waals surface area contributed by atoms with Gasteiger partial charge >= 0.3 is 0 Å². The van der Waals surface area contributed by atoms with Crippen molar-refractivity contribution in [2.75, 3.05) is 0 Å². The first-order valence-electron chi connectivity index (χ1n) is 18.0. The predicted octanol–water partition coefficient (Wildman–Crippen LogP) is 13.1. The second-order valence-electron chi connectivity index (χ2n) is 13.4. The number of hydrogen-bond donors (Lipinski definition) is 0. The van der Waals surface area contributed by atoms with Crippen LogP contribution in [0.4, 0.5) is 0 Å². The lowest BCUT2D eigenvalue weighted by Gasteiger charge is -2.12. The average Bonchev–Trinajstić information content (AvgIpc) is 3.58. The van der Waals surface area contributed by atoms with Gasteiger partial charge in [0.05, 0.1) is 22.4 Å². The molecule has 0 unspecified atom stereocenters. The summed E-state index contributed by atoms with van der Waals surface area (Å²) in [6.07, 6.45) is 0. The Morgan fingerprint density at radius 2 is 0.830 bits per heavy atom. The van der Waals surface area contributed by atoms with Gasteiger partial charge in [0.1, 0.15) is 0 Å². The third-order valence-electron chi connectivity index (χ3n) is 10.2. The van der Waals surface area contributed by atoms with Crippen molar-refractivity contribution in [3.63, 3.8) is 0 Å². The highest BCUT2D eigenvalue weighted by Crippen LogP contribution is 2.35. The summed E-state index contributed by atoms with van der Waals surface area (Å²) in [5.41, 5.74) is 13.2. The maximum Gasteiger partial charge on any atom is 0.160 e. The van der Waals surface area contributed by atoms with Crippen LogP contribution in [0.5, 0.6) is 0 Å². The molecule has 0 bridgehead atoms. The fraction of sp³-hybridized carbons (Fsp3) is 0. The third-order valence-corrected chi connectivity index (χ3v) is 10.2. The van der Waals surface area contributed by atoms with E-state index in [0.29, 0.717) is 5.82 Å². The second-order valence-corrected chi connectivity index (χ2v) is 13.4. The molecule has 3 heteroatoms. The van der Waals surface area contributed by atoms with Crippen molar-refractivity contribution in [1.29, 1.82) is 0 Å². The largest absolute Gasteiger partial charge is 0.309 e. The Kier molecular flexibility index (Phi) is 7.47. The summed E-state index contributed by atoms with van der Waals surface area (Å²) in [6.45, 7) is 0. The SMILES string of the molecule is c1ccc(-c2cc(-c3cccc4ccccc34)nc(-c3ccc(-c4cccc(-c5ccc(-n6c7ccccc7c7ccccc76)cc5)c4)cc3)n2)cc1. The van der Waals surface area contributed by atoms with Crippen LogP contribution in [0.1, 0.15) is 0 Å². The maximum absolute atomic E-state index is 5.15. The molecule has 0 fully saturated rings. The Morgan fingerprint density at radius 1 is 0.321 bits per heavy atom. The van der Waals surface area contributed by atoms with E-state index < -0.39 is 0 Å². The summed E-state index contributed by atoms with van der Waals surface area (Å²) < 4.78 is 2.36. The van der Waals surface area contributed by atoms with Crippen molar-refractivity contribution in [1.82, 2.24) is 14.5 Å². The summed E-state index contributed by atoms with van der Waals surface area (Å²) in [5.74, 6) is 0.706. The molecule has 10 rings (SSSR count). The number of para-hydroxylation sites is 2. The van der Waals surface area contributed by atoms with Crippen LogP contribution in [0.3, 0.4) is 0 Å². The van der Waals surface area contributed by atoms with E-state index in [2.05, 4.69) is 199 Å². The van der Waals surface area contributed by atoms with Crippen LogP contribution in [-0.2, 0) is 0 Å². The molecule has 2 heterocycles. The van der Waals surface area contributed by atoms with E-state index in [9.17, 15) is 0 Å². The molecule has 0 atom stereocenters. The first kappa shape index (κ1) is 30.7. The lowest BCUT2D eigenvalue weighted by Crippen LogP contribution is -1.96. The van der Waals surface area contributed by atoms with Gasteiger partial charge in [-0.15, -0.1) is 0 Å². The van der Waals surface area contributed by atoms with Crippen molar-refractivity contribution >= 4 is 32.6 Å². The average molecular weight is 676 g/mol. The highest BCUT2D eigenvalue weighted by Gasteiger charge is 2.14. The quantitative estimate of drug-likeness (QED) is 0.176. The van der Waals surface area contributed by atoms with Crippen molar-refractivity contribution in [2.45, 2.75) is 0 Å². The third kappa shape index (κ3) is 5.56. The molecule has 3 nitrogen and oxygen atoms in total. The van der Waals surface area contributed by atoms with E-state index in [4.69, 9.17) is 9.97 Å². The Bertz CT molecular complexity index is 2860. The molecule has 0 N–H and O–H groups in total. The molecule has 8 aromatic carbocycles. The molecule has 0 spiro atoms. The molecule has 0 saturated heterocycles. The number of rotatable bonds is 6. The number of nitrogens with zero attached hydrogens (tertiary/aromatic N) is 3. The van der Waals surface area contributed by atoms with Crippen molar-refractivity contribution in [2.24, 2.45) is 0 Å². The monoisotopic (exact) mass is 675 g/mol. The first-order chi connectivity index (χ1) is 26.3. The molecule has 0 aliphatic heterocycles. The van der Waals surface area contributed by atoms with Crippen molar-refractivity contribution in [3.8, 4) is 61.8 Å². The van der Waals surface area contributed by atoms with Crippen molar-refractivity contribution in [3.05, 3.63) is 200 Å². The minimum atomic E-state index is 0.706. The standard InChI is InChI=1S/C50H33N3/c1-2-13-37(14-3-1)46-33-47(43-21-11-15-36-12-4-5-18-42(36)43)52-50(51-46)38-26-24-34(25-27-38)39-16-10-17-40(32-39)35-28-30-41(31-29-35)53-48-22-8-6-19-44(48)45-20-7-9-23-49(45)53/h1-33H. The summed E-state index contributed by atoms with van der Waals surface area (Å²) in [4.78, 5) is 10.2. The smallest absolute Gasteiger partial charge is 0.160 e. The minimum absolute atomic E-state index is 0.706. The molecule has 10 aromatic rings. The zero-order valence-electron chi connectivity index (χ0n) is 28.9. The Morgan fingerprint density at radius 3 is 1.53 bits per heavy atom. The summed E-state index contributed by atoms with van der Waals surface area (Å²) in [5, 5.41) is 4.91. The van der Waals surface area contributed by atoms with E-state index in [1.807, 2.05) is 6.07 Å². The van der Waals surface area contributed by atoms with Crippen LogP contribution >= 0.6 is 0 Å². The molecule has 0 saturated carbocycles. The number of aromatic nitrogens is 3. The van der Waals surface area contributed by atoms with E-state index in [1.165, 1.54) is 43.7 Å². The van der Waals surface area contributed by atoms with Gasteiger partial charge < -0.3 is 4.57 Å². The summed E-state index contributed by atoms with van der Waals surface area (Å²) >= 11 is 0. The second kappa shape index (κ2) is 12.9. The molecular weight excluding hydrogens is 643 g/mol. The van der Waals surface area contributed by atoms with Crippen LogP contribution < -0.4 is 0 Å². The fourth-order valence-corrected chi connectivity index (χ4v) is 7.61. The summed E-state index contributed by atoms with van der Waals surface area (Å²) in [7, 11) is 0. The Labute approximate surface area is 308 Å². The minimum Gasteiger partial charge on any atom is -0.309 e. The number of hydrogen-bond acceptors (Lipinski definition) is 2. The predicted molar refractivity (Wildman–Crippen MR) is 221 cm³/mol. The van der Waals surface area contributed by atoms with E-state index in [0.717, 1.165) is 44.9 Å². The van der Waals surface area contributed by atoms with Gasteiger partial charge in [0, 0.05) is 33.2 Å². The van der Waals surface area contributed by atoms with Gasteiger partial charge in [0.2, 0.25) is 0 Å². The first-order valence-corrected chi connectivity index (χ1v) is 18.0. The van der Waals surface area contributed by atoms with Gasteiger partial charge in [0.15, 0.2) is 5.82 Å². The van der Waals surface area contributed by atoms with Gasteiger partial charge in [-0.25, -0.2) is 9.97 Å². The van der Waals surface area contributed by atoms with Crippen molar-refractivity contribution < 1.29 is 0 Å². The molecule has 0 amide bonds. The molecule has 248 valence electrons. The lowest BCUT2D eigenvalue weighted by atomic mass is 9.98. The molecule has 0 aliphatic carbocycles. The lowest BCUT2D eigenvalue weighted by molar-refractivity contribution is 1.18. The molecule has 0 aliphatic rings. The fourth-order valence-electron chi connectivity index (χ4n) is 7.61.